The normalized spacial score (nSPS) is 11.6. The van der Waals surface area contributed by atoms with Gasteiger partial charge in [0.2, 0.25) is 0 Å². The maximum Gasteiger partial charge on any atom is 0.256 e. The molecule has 2 aromatic heterocycles. The number of nitrogens with one attached hydrogen (secondary N) is 1. The molecule has 3 rings (SSSR count). The first-order valence-corrected chi connectivity index (χ1v) is 6.09. The lowest BCUT2D eigenvalue weighted by Gasteiger charge is -2.00. The van der Waals surface area contributed by atoms with Crippen molar-refractivity contribution >= 4 is 34.2 Å². The lowest BCUT2D eigenvalue weighted by Crippen LogP contribution is -2.10. The fraction of sp³-hybridized carbons (Fsp3) is 0.0625. The van der Waals surface area contributed by atoms with E-state index in [0.717, 1.165) is 22.0 Å². The van der Waals surface area contributed by atoms with Crippen LogP contribution in [0.15, 0.2) is 46.1 Å². The summed E-state index contributed by atoms with van der Waals surface area (Å²) in [5, 5.41) is 0.913. The SMILES string of the molecule is C=Cc1c(/C=C\C)c2oc3ccccc3c2[nH]c1=O. The number of para-hydroxylation sites is 1. The first-order valence-electron chi connectivity index (χ1n) is 6.09. The van der Waals surface area contributed by atoms with E-state index in [4.69, 9.17) is 4.42 Å². The number of H-pyrrole nitrogens is 1. The van der Waals surface area contributed by atoms with E-state index in [-0.39, 0.29) is 5.56 Å². The summed E-state index contributed by atoms with van der Waals surface area (Å²) in [6.45, 7) is 5.61. The van der Waals surface area contributed by atoms with Crippen LogP contribution < -0.4 is 5.56 Å². The molecular weight excluding hydrogens is 238 g/mol. The zero-order chi connectivity index (χ0) is 13.4. The second-order valence-electron chi connectivity index (χ2n) is 4.29. The highest BCUT2D eigenvalue weighted by Crippen LogP contribution is 2.30. The van der Waals surface area contributed by atoms with Crippen LogP contribution in [-0.2, 0) is 0 Å². The quantitative estimate of drug-likeness (QED) is 0.749. The highest BCUT2D eigenvalue weighted by atomic mass is 16.3. The van der Waals surface area contributed by atoms with Crippen LogP contribution in [0.25, 0.3) is 34.2 Å². The molecular formula is C16H13NO2. The minimum Gasteiger partial charge on any atom is -0.454 e. The third-order valence-electron chi connectivity index (χ3n) is 3.15. The first-order chi connectivity index (χ1) is 9.26. The van der Waals surface area contributed by atoms with Crippen molar-refractivity contribution in [3.05, 3.63) is 58.4 Å². The van der Waals surface area contributed by atoms with Gasteiger partial charge in [-0.05, 0) is 19.1 Å². The van der Waals surface area contributed by atoms with Crippen LogP contribution in [0.2, 0.25) is 0 Å². The van der Waals surface area contributed by atoms with Crippen molar-refractivity contribution in [3.63, 3.8) is 0 Å². The Kier molecular flexibility index (Phi) is 2.60. The molecule has 0 unspecified atom stereocenters. The maximum absolute atomic E-state index is 12.1. The van der Waals surface area contributed by atoms with Crippen molar-refractivity contribution in [1.29, 1.82) is 0 Å². The molecule has 0 bridgehead atoms. The number of furan rings is 1. The molecule has 3 aromatic rings. The van der Waals surface area contributed by atoms with Gasteiger partial charge in [0.05, 0.1) is 11.1 Å². The number of rotatable bonds is 2. The van der Waals surface area contributed by atoms with Crippen LogP contribution in [0.4, 0.5) is 0 Å². The van der Waals surface area contributed by atoms with Gasteiger partial charge in [0, 0.05) is 10.9 Å². The van der Waals surface area contributed by atoms with E-state index >= 15 is 0 Å². The van der Waals surface area contributed by atoms with Crippen molar-refractivity contribution in [3.8, 4) is 0 Å². The van der Waals surface area contributed by atoms with Gasteiger partial charge in [-0.25, -0.2) is 0 Å². The largest absolute Gasteiger partial charge is 0.454 e. The van der Waals surface area contributed by atoms with E-state index < -0.39 is 0 Å². The monoisotopic (exact) mass is 251 g/mol. The van der Waals surface area contributed by atoms with Crippen molar-refractivity contribution in [2.24, 2.45) is 0 Å². The summed E-state index contributed by atoms with van der Waals surface area (Å²) >= 11 is 0. The predicted octanol–water partition coefficient (Wildman–Crippen LogP) is 3.95. The highest BCUT2D eigenvalue weighted by molar-refractivity contribution is 6.05. The third kappa shape index (κ3) is 1.63. The molecule has 3 heteroatoms. The molecule has 1 aromatic carbocycles. The van der Waals surface area contributed by atoms with E-state index in [9.17, 15) is 4.79 Å². The molecule has 0 aliphatic carbocycles. The summed E-state index contributed by atoms with van der Waals surface area (Å²) in [6, 6.07) is 7.66. The number of aromatic amines is 1. The molecule has 19 heavy (non-hydrogen) atoms. The van der Waals surface area contributed by atoms with Gasteiger partial charge in [0.25, 0.3) is 5.56 Å². The van der Waals surface area contributed by atoms with Gasteiger partial charge in [-0.15, -0.1) is 0 Å². The molecule has 0 atom stereocenters. The molecule has 2 heterocycles. The van der Waals surface area contributed by atoms with Gasteiger partial charge in [-0.3, -0.25) is 4.79 Å². The molecule has 0 amide bonds. The number of benzene rings is 1. The number of hydrogen-bond donors (Lipinski definition) is 1. The Morgan fingerprint density at radius 1 is 1.26 bits per heavy atom. The minimum absolute atomic E-state index is 0.151. The van der Waals surface area contributed by atoms with Gasteiger partial charge in [-0.1, -0.05) is 36.9 Å². The number of pyridine rings is 1. The van der Waals surface area contributed by atoms with E-state index in [1.165, 1.54) is 0 Å². The van der Waals surface area contributed by atoms with Crippen LogP contribution in [0.3, 0.4) is 0 Å². The van der Waals surface area contributed by atoms with E-state index in [1.807, 2.05) is 43.3 Å². The molecule has 0 saturated heterocycles. The van der Waals surface area contributed by atoms with Crippen LogP contribution >= 0.6 is 0 Å². The van der Waals surface area contributed by atoms with Gasteiger partial charge < -0.3 is 9.40 Å². The number of hydrogen-bond acceptors (Lipinski definition) is 2. The van der Waals surface area contributed by atoms with Crippen molar-refractivity contribution in [1.82, 2.24) is 4.98 Å². The summed E-state index contributed by atoms with van der Waals surface area (Å²) < 4.78 is 5.86. The Labute approximate surface area is 109 Å². The van der Waals surface area contributed by atoms with Gasteiger partial charge in [0.15, 0.2) is 5.58 Å². The number of fused-ring (bicyclic) bond motifs is 3. The maximum atomic E-state index is 12.1. The lowest BCUT2D eigenvalue weighted by atomic mass is 10.1. The Hall–Kier alpha value is -2.55. The molecule has 0 fully saturated rings. The van der Waals surface area contributed by atoms with Crippen LogP contribution in [0.5, 0.6) is 0 Å². The molecule has 0 radical (unpaired) electrons. The van der Waals surface area contributed by atoms with Crippen molar-refractivity contribution in [2.75, 3.05) is 0 Å². The van der Waals surface area contributed by atoms with Gasteiger partial charge in [0.1, 0.15) is 5.58 Å². The standard InChI is InChI=1S/C16H13NO2/c1-3-7-11-10(4-2)16(18)17-14-12-8-5-6-9-13(12)19-15(11)14/h3-9H,2H2,1H3,(H,17,18)/b7-3-. The molecule has 3 nitrogen and oxygen atoms in total. The Bertz CT molecular complexity index is 865. The second-order valence-corrected chi connectivity index (χ2v) is 4.29. The van der Waals surface area contributed by atoms with Crippen LogP contribution in [0.1, 0.15) is 18.1 Å². The highest BCUT2D eigenvalue weighted by Gasteiger charge is 2.14. The van der Waals surface area contributed by atoms with Gasteiger partial charge >= 0.3 is 0 Å². The van der Waals surface area contributed by atoms with Gasteiger partial charge in [-0.2, -0.15) is 0 Å². The average molecular weight is 251 g/mol. The zero-order valence-corrected chi connectivity index (χ0v) is 10.6. The van der Waals surface area contributed by atoms with Crippen molar-refractivity contribution < 1.29 is 4.42 Å². The summed E-state index contributed by atoms with van der Waals surface area (Å²) in [6.07, 6.45) is 5.31. The van der Waals surface area contributed by atoms with Crippen molar-refractivity contribution in [2.45, 2.75) is 6.92 Å². The third-order valence-corrected chi connectivity index (χ3v) is 3.15. The Balaban J connectivity index is 2.59. The Morgan fingerprint density at radius 2 is 2.05 bits per heavy atom. The molecule has 0 aliphatic rings. The number of allylic oxidation sites excluding steroid dienone is 1. The zero-order valence-electron chi connectivity index (χ0n) is 10.6. The topological polar surface area (TPSA) is 46.0 Å². The average Bonchev–Trinajstić information content (AvgIpc) is 2.78. The molecule has 1 N–H and O–H groups in total. The second kappa shape index (κ2) is 4.28. The Morgan fingerprint density at radius 3 is 2.79 bits per heavy atom. The predicted molar refractivity (Wildman–Crippen MR) is 79.1 cm³/mol. The van der Waals surface area contributed by atoms with E-state index in [2.05, 4.69) is 11.6 Å². The molecule has 0 saturated carbocycles. The summed E-state index contributed by atoms with van der Waals surface area (Å²) in [5.41, 5.74) is 3.34. The first kappa shape index (κ1) is 11.5. The fourth-order valence-electron chi connectivity index (χ4n) is 2.32. The molecule has 0 aliphatic heterocycles. The van der Waals surface area contributed by atoms with E-state index in [0.29, 0.717) is 11.1 Å². The van der Waals surface area contributed by atoms with E-state index in [1.54, 1.807) is 6.08 Å². The summed E-state index contributed by atoms with van der Waals surface area (Å²) in [4.78, 5) is 15.0. The lowest BCUT2D eigenvalue weighted by molar-refractivity contribution is 0.667. The fourth-order valence-corrected chi connectivity index (χ4v) is 2.32. The summed E-state index contributed by atoms with van der Waals surface area (Å²) in [5.74, 6) is 0. The molecule has 94 valence electrons. The summed E-state index contributed by atoms with van der Waals surface area (Å²) in [7, 11) is 0. The van der Waals surface area contributed by atoms with Crippen LogP contribution in [-0.4, -0.2) is 4.98 Å². The molecule has 0 spiro atoms. The minimum atomic E-state index is -0.151. The van der Waals surface area contributed by atoms with Crippen LogP contribution in [0, 0.1) is 0 Å². The smallest absolute Gasteiger partial charge is 0.256 e. The number of aromatic nitrogens is 1.